The first-order valence-electron chi connectivity index (χ1n) is 5.94. The quantitative estimate of drug-likeness (QED) is 0.844. The van der Waals surface area contributed by atoms with Crippen LogP contribution < -0.4 is 5.32 Å². The molecule has 0 radical (unpaired) electrons. The first-order chi connectivity index (χ1) is 8.15. The van der Waals surface area contributed by atoms with Crippen LogP contribution in [0.25, 0.3) is 0 Å². The van der Waals surface area contributed by atoms with Crippen LogP contribution in [0.4, 0.5) is 0 Å². The summed E-state index contributed by atoms with van der Waals surface area (Å²) in [6, 6.07) is 9.67. The van der Waals surface area contributed by atoms with E-state index in [1.807, 2.05) is 26.0 Å². The fourth-order valence-corrected chi connectivity index (χ4v) is 1.45. The van der Waals surface area contributed by atoms with Crippen molar-refractivity contribution in [1.82, 2.24) is 5.32 Å². The zero-order chi connectivity index (χ0) is 12.7. The molecule has 0 bridgehead atoms. The number of amides is 1. The molecule has 0 heterocycles. The summed E-state index contributed by atoms with van der Waals surface area (Å²) in [5, 5.41) is 11.6. The number of carbonyl (C=O) groups is 1. The molecule has 0 saturated carbocycles. The summed E-state index contributed by atoms with van der Waals surface area (Å²) in [4.78, 5) is 11.5. The number of aryl methyl sites for hydroxylation is 1. The lowest BCUT2D eigenvalue weighted by Crippen LogP contribution is -2.31. The molecule has 1 amide bonds. The second-order valence-corrected chi connectivity index (χ2v) is 4.19. The fourth-order valence-electron chi connectivity index (χ4n) is 1.45. The molecule has 3 heteroatoms. The molecule has 0 aromatic heterocycles. The molecule has 0 aliphatic heterocycles. The van der Waals surface area contributed by atoms with Gasteiger partial charge < -0.3 is 5.32 Å². The Balaban J connectivity index is 2.40. The van der Waals surface area contributed by atoms with E-state index < -0.39 is 0 Å². The predicted octanol–water partition coefficient (Wildman–Crippen LogP) is 2.41. The Morgan fingerprint density at radius 2 is 2.06 bits per heavy atom. The summed E-state index contributed by atoms with van der Waals surface area (Å²) in [5.74, 6) is 0.0868. The van der Waals surface area contributed by atoms with E-state index in [9.17, 15) is 4.79 Å². The highest BCUT2D eigenvalue weighted by molar-refractivity contribution is 5.76. The van der Waals surface area contributed by atoms with Crippen LogP contribution in [0, 0.1) is 11.3 Å². The monoisotopic (exact) mass is 230 g/mol. The Hall–Kier alpha value is -1.82. The number of carbonyl (C=O) groups excluding carboxylic acids is 1. The molecular weight excluding hydrogens is 212 g/mol. The Morgan fingerprint density at radius 1 is 1.41 bits per heavy atom. The van der Waals surface area contributed by atoms with Crippen molar-refractivity contribution in [3.8, 4) is 6.07 Å². The normalized spacial score (nSPS) is 11.6. The number of rotatable bonds is 5. The van der Waals surface area contributed by atoms with Crippen LogP contribution in [0.15, 0.2) is 24.3 Å². The van der Waals surface area contributed by atoms with E-state index in [1.54, 1.807) is 12.1 Å². The van der Waals surface area contributed by atoms with Crippen molar-refractivity contribution >= 4 is 5.91 Å². The number of hydrogen-bond donors (Lipinski definition) is 1. The molecule has 90 valence electrons. The molecular formula is C14H18N2O. The molecule has 17 heavy (non-hydrogen) atoms. The van der Waals surface area contributed by atoms with Gasteiger partial charge in [-0.25, -0.2) is 0 Å². The van der Waals surface area contributed by atoms with Crippen molar-refractivity contribution in [2.75, 3.05) is 0 Å². The molecule has 0 saturated heterocycles. The van der Waals surface area contributed by atoms with Gasteiger partial charge in [-0.05, 0) is 37.5 Å². The first-order valence-corrected chi connectivity index (χ1v) is 5.94. The van der Waals surface area contributed by atoms with E-state index in [0.717, 1.165) is 12.0 Å². The number of nitrogens with zero attached hydrogens (tertiary/aromatic N) is 1. The van der Waals surface area contributed by atoms with Crippen molar-refractivity contribution in [1.29, 1.82) is 5.26 Å². The predicted molar refractivity (Wildman–Crippen MR) is 67.4 cm³/mol. The molecule has 1 atom stereocenters. The SMILES string of the molecule is CC[C@@H](C)NC(=O)CCc1ccc(C#N)cc1. The van der Waals surface area contributed by atoms with Gasteiger partial charge in [0.25, 0.3) is 0 Å². The second-order valence-electron chi connectivity index (χ2n) is 4.19. The topological polar surface area (TPSA) is 52.9 Å². The molecule has 1 N–H and O–H groups in total. The minimum Gasteiger partial charge on any atom is -0.354 e. The van der Waals surface area contributed by atoms with Crippen molar-refractivity contribution in [2.45, 2.75) is 39.2 Å². The zero-order valence-corrected chi connectivity index (χ0v) is 10.4. The number of hydrogen-bond acceptors (Lipinski definition) is 2. The van der Waals surface area contributed by atoms with Crippen LogP contribution >= 0.6 is 0 Å². The summed E-state index contributed by atoms with van der Waals surface area (Å²) in [6.45, 7) is 4.05. The molecule has 1 aromatic rings. The molecule has 3 nitrogen and oxygen atoms in total. The van der Waals surface area contributed by atoms with E-state index in [1.165, 1.54) is 0 Å². The van der Waals surface area contributed by atoms with Crippen LogP contribution in [0.1, 0.15) is 37.8 Å². The van der Waals surface area contributed by atoms with Crippen LogP contribution in [0.3, 0.4) is 0 Å². The smallest absolute Gasteiger partial charge is 0.220 e. The van der Waals surface area contributed by atoms with Gasteiger partial charge in [0.2, 0.25) is 5.91 Å². The molecule has 0 aliphatic rings. The highest BCUT2D eigenvalue weighted by Gasteiger charge is 2.05. The maximum Gasteiger partial charge on any atom is 0.220 e. The zero-order valence-electron chi connectivity index (χ0n) is 10.4. The van der Waals surface area contributed by atoms with E-state index in [0.29, 0.717) is 18.4 Å². The minimum absolute atomic E-state index is 0.0868. The van der Waals surface area contributed by atoms with Gasteiger partial charge in [0.15, 0.2) is 0 Å². The van der Waals surface area contributed by atoms with Gasteiger partial charge in [-0.15, -0.1) is 0 Å². The Kier molecular flexibility index (Phi) is 5.22. The summed E-state index contributed by atoms with van der Waals surface area (Å²) in [5.41, 5.74) is 1.74. The van der Waals surface area contributed by atoms with Gasteiger partial charge in [-0.2, -0.15) is 5.26 Å². The summed E-state index contributed by atoms with van der Waals surface area (Å²) in [7, 11) is 0. The van der Waals surface area contributed by atoms with Gasteiger partial charge in [0.05, 0.1) is 11.6 Å². The Morgan fingerprint density at radius 3 is 2.59 bits per heavy atom. The third-order valence-electron chi connectivity index (χ3n) is 2.74. The van der Waals surface area contributed by atoms with Crippen LogP contribution in [-0.2, 0) is 11.2 Å². The molecule has 1 rings (SSSR count). The van der Waals surface area contributed by atoms with Gasteiger partial charge in [-0.1, -0.05) is 19.1 Å². The highest BCUT2D eigenvalue weighted by atomic mass is 16.1. The first kappa shape index (κ1) is 13.2. The van der Waals surface area contributed by atoms with Gasteiger partial charge in [0.1, 0.15) is 0 Å². The van der Waals surface area contributed by atoms with E-state index in [2.05, 4.69) is 11.4 Å². The Labute approximate surface area is 102 Å². The van der Waals surface area contributed by atoms with Crippen molar-refractivity contribution in [3.63, 3.8) is 0 Å². The summed E-state index contributed by atoms with van der Waals surface area (Å²) in [6.07, 6.45) is 2.16. The molecule has 0 aliphatic carbocycles. The second kappa shape index (κ2) is 6.70. The molecule has 0 fully saturated rings. The standard InChI is InChI=1S/C14H18N2O/c1-3-11(2)16-14(17)9-8-12-4-6-13(10-15)7-5-12/h4-7,11H,3,8-9H2,1-2H3,(H,16,17)/t11-/m1/s1. The molecule has 1 aromatic carbocycles. The van der Waals surface area contributed by atoms with Crippen molar-refractivity contribution < 1.29 is 4.79 Å². The third-order valence-corrected chi connectivity index (χ3v) is 2.74. The highest BCUT2D eigenvalue weighted by Crippen LogP contribution is 2.06. The fraction of sp³-hybridized carbons (Fsp3) is 0.429. The number of benzene rings is 1. The maximum absolute atomic E-state index is 11.5. The lowest BCUT2D eigenvalue weighted by molar-refractivity contribution is -0.121. The minimum atomic E-state index is 0.0868. The summed E-state index contributed by atoms with van der Waals surface area (Å²) >= 11 is 0. The van der Waals surface area contributed by atoms with Crippen LogP contribution in [-0.4, -0.2) is 11.9 Å². The van der Waals surface area contributed by atoms with E-state index in [-0.39, 0.29) is 11.9 Å². The largest absolute Gasteiger partial charge is 0.354 e. The van der Waals surface area contributed by atoms with Crippen molar-refractivity contribution in [2.24, 2.45) is 0 Å². The van der Waals surface area contributed by atoms with Crippen molar-refractivity contribution in [3.05, 3.63) is 35.4 Å². The number of nitrogens with one attached hydrogen (secondary N) is 1. The van der Waals surface area contributed by atoms with Crippen LogP contribution in [0.2, 0.25) is 0 Å². The van der Waals surface area contributed by atoms with E-state index >= 15 is 0 Å². The lowest BCUT2D eigenvalue weighted by Gasteiger charge is -2.11. The maximum atomic E-state index is 11.5. The van der Waals surface area contributed by atoms with Crippen LogP contribution in [0.5, 0.6) is 0 Å². The summed E-state index contributed by atoms with van der Waals surface area (Å²) < 4.78 is 0. The molecule has 0 spiro atoms. The Bertz CT molecular complexity index is 403. The average molecular weight is 230 g/mol. The lowest BCUT2D eigenvalue weighted by atomic mass is 10.1. The number of nitriles is 1. The molecule has 0 unspecified atom stereocenters. The average Bonchev–Trinajstić information content (AvgIpc) is 2.36. The van der Waals surface area contributed by atoms with E-state index in [4.69, 9.17) is 5.26 Å². The van der Waals surface area contributed by atoms with Gasteiger partial charge in [-0.3, -0.25) is 4.79 Å². The van der Waals surface area contributed by atoms with Gasteiger partial charge in [0, 0.05) is 12.5 Å². The third kappa shape index (κ3) is 4.69. The van der Waals surface area contributed by atoms with Gasteiger partial charge >= 0.3 is 0 Å².